The summed E-state index contributed by atoms with van der Waals surface area (Å²) < 4.78 is 38.0. The molecule has 0 fully saturated rings. The summed E-state index contributed by atoms with van der Waals surface area (Å²) in [4.78, 5) is 14.2. The van der Waals surface area contributed by atoms with Crippen LogP contribution in [0.5, 0.6) is 11.5 Å². The molecule has 0 aliphatic rings. The zero-order valence-corrected chi connectivity index (χ0v) is 20.5. The van der Waals surface area contributed by atoms with Crippen molar-refractivity contribution >= 4 is 37.9 Å². The van der Waals surface area contributed by atoms with Gasteiger partial charge in [-0.1, -0.05) is 36.4 Å². The van der Waals surface area contributed by atoms with Crippen LogP contribution in [0.3, 0.4) is 0 Å². The smallest absolute Gasteiger partial charge is 0.255 e. The van der Waals surface area contributed by atoms with Crippen molar-refractivity contribution in [3.05, 3.63) is 88.6 Å². The first-order valence-electron chi connectivity index (χ1n) is 10.8. The van der Waals surface area contributed by atoms with Gasteiger partial charge in [-0.15, -0.1) is 11.3 Å². The first kappa shape index (κ1) is 23.8. The molecule has 1 aromatic heterocycles. The fourth-order valence-corrected chi connectivity index (χ4v) is 6.59. The summed E-state index contributed by atoms with van der Waals surface area (Å²) in [6, 6.07) is 21.1. The van der Waals surface area contributed by atoms with Gasteiger partial charge < -0.3 is 14.8 Å². The molecule has 3 aromatic carbocycles. The Balaban J connectivity index is 1.67. The van der Waals surface area contributed by atoms with E-state index in [0.29, 0.717) is 28.5 Å². The lowest BCUT2D eigenvalue weighted by Crippen LogP contribution is -2.32. The SMILES string of the molecule is CCOc1ccc2ccccc2c1C(=O)NC[C@@H](c1cccs1)S(=O)(=O)c1ccc(OC)cc1. The highest BCUT2D eigenvalue weighted by Crippen LogP contribution is 2.33. The number of hydrogen-bond donors (Lipinski definition) is 1. The molecule has 6 nitrogen and oxygen atoms in total. The number of nitrogens with one attached hydrogen (secondary N) is 1. The molecule has 176 valence electrons. The monoisotopic (exact) mass is 495 g/mol. The predicted octanol–water partition coefficient (Wildman–Crippen LogP) is 5.25. The van der Waals surface area contributed by atoms with Gasteiger partial charge in [0, 0.05) is 11.4 Å². The van der Waals surface area contributed by atoms with Gasteiger partial charge in [-0.05, 0) is 59.5 Å². The van der Waals surface area contributed by atoms with E-state index in [4.69, 9.17) is 9.47 Å². The molecule has 0 saturated carbocycles. The molecule has 8 heteroatoms. The quantitative estimate of drug-likeness (QED) is 0.343. The number of carbonyl (C=O) groups is 1. The zero-order chi connectivity index (χ0) is 24.1. The van der Waals surface area contributed by atoms with Gasteiger partial charge in [0.1, 0.15) is 16.7 Å². The maximum Gasteiger partial charge on any atom is 0.255 e. The van der Waals surface area contributed by atoms with Gasteiger partial charge in [0.25, 0.3) is 5.91 Å². The number of hydrogen-bond acceptors (Lipinski definition) is 6. The Morgan fingerprint density at radius 2 is 1.76 bits per heavy atom. The summed E-state index contributed by atoms with van der Waals surface area (Å²) in [5.41, 5.74) is 0.395. The number of fused-ring (bicyclic) bond motifs is 1. The van der Waals surface area contributed by atoms with Crippen molar-refractivity contribution in [2.75, 3.05) is 20.3 Å². The van der Waals surface area contributed by atoms with E-state index < -0.39 is 15.1 Å². The molecule has 4 aromatic rings. The number of methoxy groups -OCH3 is 1. The van der Waals surface area contributed by atoms with Gasteiger partial charge in [0.05, 0.1) is 24.2 Å². The summed E-state index contributed by atoms with van der Waals surface area (Å²) in [5.74, 6) is 0.649. The summed E-state index contributed by atoms with van der Waals surface area (Å²) in [6.45, 7) is 2.18. The average Bonchev–Trinajstić information content (AvgIpc) is 3.38. The van der Waals surface area contributed by atoms with Crippen LogP contribution in [0.25, 0.3) is 10.8 Å². The third kappa shape index (κ3) is 4.78. The van der Waals surface area contributed by atoms with E-state index in [9.17, 15) is 13.2 Å². The number of benzene rings is 3. The lowest BCUT2D eigenvalue weighted by atomic mass is 10.0. The van der Waals surface area contributed by atoms with E-state index in [2.05, 4.69) is 5.32 Å². The first-order chi connectivity index (χ1) is 16.5. The molecular formula is C26H25NO5S2. The Hall–Kier alpha value is -3.36. The highest BCUT2D eigenvalue weighted by molar-refractivity contribution is 7.91. The number of amides is 1. The standard InChI is InChI=1S/C26H25NO5S2/c1-3-32-22-15-10-18-7-4-5-8-21(18)25(22)26(28)27-17-24(23-9-6-16-33-23)34(29,30)20-13-11-19(31-2)12-14-20/h4-16,24H,3,17H2,1-2H3,(H,27,28)/t24-/m0/s1. The zero-order valence-electron chi connectivity index (χ0n) is 18.9. The first-order valence-corrected chi connectivity index (χ1v) is 13.2. The Bertz CT molecular complexity index is 1380. The Kier molecular flexibility index (Phi) is 7.19. The van der Waals surface area contributed by atoms with Gasteiger partial charge in [-0.25, -0.2) is 8.42 Å². The molecule has 0 radical (unpaired) electrons. The minimum atomic E-state index is -3.78. The van der Waals surface area contributed by atoms with Crippen LogP contribution in [0.4, 0.5) is 0 Å². The second-order valence-electron chi connectivity index (χ2n) is 7.53. The van der Waals surface area contributed by atoms with Crippen LogP contribution in [0.15, 0.2) is 83.1 Å². The van der Waals surface area contributed by atoms with Gasteiger partial charge in [-0.3, -0.25) is 4.79 Å². The highest BCUT2D eigenvalue weighted by Gasteiger charge is 2.31. The molecule has 0 aliphatic carbocycles. The molecule has 0 bridgehead atoms. The Morgan fingerprint density at radius 1 is 1.00 bits per heavy atom. The second-order valence-corrected chi connectivity index (χ2v) is 10.6. The van der Waals surface area contributed by atoms with E-state index in [0.717, 1.165) is 10.8 Å². The molecule has 1 N–H and O–H groups in total. The molecule has 1 amide bonds. The summed E-state index contributed by atoms with van der Waals surface area (Å²) in [5, 5.41) is 5.40. The Morgan fingerprint density at radius 3 is 2.44 bits per heavy atom. The molecule has 0 spiro atoms. The number of rotatable bonds is 9. The van der Waals surface area contributed by atoms with Crippen molar-refractivity contribution < 1.29 is 22.7 Å². The van der Waals surface area contributed by atoms with E-state index >= 15 is 0 Å². The second kappa shape index (κ2) is 10.3. The largest absolute Gasteiger partial charge is 0.497 e. The number of sulfone groups is 1. The molecule has 4 rings (SSSR count). The van der Waals surface area contributed by atoms with Gasteiger partial charge >= 0.3 is 0 Å². The minimum absolute atomic E-state index is 0.0809. The third-order valence-corrected chi connectivity index (χ3v) is 8.72. The van der Waals surface area contributed by atoms with E-state index in [1.807, 2.05) is 42.6 Å². The third-order valence-electron chi connectivity index (χ3n) is 5.49. The number of ether oxygens (including phenoxy) is 2. The number of thiophene rings is 1. The van der Waals surface area contributed by atoms with E-state index in [1.54, 1.807) is 30.3 Å². The van der Waals surface area contributed by atoms with Gasteiger partial charge in [0.2, 0.25) is 0 Å². The van der Waals surface area contributed by atoms with Crippen molar-refractivity contribution in [1.82, 2.24) is 5.32 Å². The molecule has 0 aliphatic heterocycles. The van der Waals surface area contributed by atoms with E-state index in [1.165, 1.54) is 30.6 Å². The fraction of sp³-hybridized carbons (Fsp3) is 0.192. The topological polar surface area (TPSA) is 81.7 Å². The van der Waals surface area contributed by atoms with Crippen molar-refractivity contribution in [3.63, 3.8) is 0 Å². The van der Waals surface area contributed by atoms with Crippen molar-refractivity contribution in [2.45, 2.75) is 17.1 Å². The minimum Gasteiger partial charge on any atom is -0.497 e. The van der Waals surface area contributed by atoms with Crippen molar-refractivity contribution in [1.29, 1.82) is 0 Å². The normalized spacial score (nSPS) is 12.3. The molecule has 0 saturated heterocycles. The highest BCUT2D eigenvalue weighted by atomic mass is 32.2. The van der Waals surface area contributed by atoms with Crippen LogP contribution in [-0.2, 0) is 9.84 Å². The summed E-state index contributed by atoms with van der Waals surface area (Å²) in [6.07, 6.45) is 0. The summed E-state index contributed by atoms with van der Waals surface area (Å²) in [7, 11) is -2.26. The van der Waals surface area contributed by atoms with Crippen LogP contribution < -0.4 is 14.8 Å². The molecule has 1 heterocycles. The molecule has 34 heavy (non-hydrogen) atoms. The molecular weight excluding hydrogens is 470 g/mol. The average molecular weight is 496 g/mol. The van der Waals surface area contributed by atoms with Crippen molar-refractivity contribution in [2.24, 2.45) is 0 Å². The van der Waals surface area contributed by atoms with Gasteiger partial charge in [-0.2, -0.15) is 0 Å². The van der Waals surface area contributed by atoms with Crippen LogP contribution >= 0.6 is 11.3 Å². The van der Waals surface area contributed by atoms with Crippen LogP contribution in [-0.4, -0.2) is 34.6 Å². The lowest BCUT2D eigenvalue weighted by Gasteiger charge is -2.19. The van der Waals surface area contributed by atoms with Gasteiger partial charge in [0.15, 0.2) is 9.84 Å². The molecule has 0 unspecified atom stereocenters. The van der Waals surface area contributed by atoms with Crippen LogP contribution in [0, 0.1) is 0 Å². The van der Waals surface area contributed by atoms with Crippen LogP contribution in [0.1, 0.15) is 27.4 Å². The maximum absolute atomic E-state index is 13.6. The fourth-order valence-electron chi connectivity index (χ4n) is 3.80. The van der Waals surface area contributed by atoms with Crippen molar-refractivity contribution in [3.8, 4) is 11.5 Å². The van der Waals surface area contributed by atoms with Crippen LogP contribution in [0.2, 0.25) is 0 Å². The lowest BCUT2D eigenvalue weighted by molar-refractivity contribution is 0.0952. The molecule has 1 atom stereocenters. The Labute approximate surface area is 203 Å². The number of carbonyl (C=O) groups excluding carboxylic acids is 1. The summed E-state index contributed by atoms with van der Waals surface area (Å²) >= 11 is 1.34. The predicted molar refractivity (Wildman–Crippen MR) is 135 cm³/mol. The van der Waals surface area contributed by atoms with E-state index in [-0.39, 0.29) is 17.3 Å². The maximum atomic E-state index is 13.6.